The van der Waals surface area contributed by atoms with Crippen molar-refractivity contribution in [2.75, 3.05) is 0 Å². The second-order valence-corrected chi connectivity index (χ2v) is 13.8. The Morgan fingerprint density at radius 1 is 0.429 bits per heavy atom. The van der Waals surface area contributed by atoms with Crippen LogP contribution in [0.3, 0.4) is 0 Å². The van der Waals surface area contributed by atoms with Gasteiger partial charge in [0.15, 0.2) is 0 Å². The van der Waals surface area contributed by atoms with Gasteiger partial charge in [-0.2, -0.15) is 0 Å². The molecule has 49 heavy (non-hydrogen) atoms. The number of hydrogen-bond acceptors (Lipinski definition) is 2. The number of nitrogens with zero attached hydrogens (tertiary/aromatic N) is 3. The van der Waals surface area contributed by atoms with Crippen LogP contribution in [0.4, 0.5) is 0 Å². The molecule has 0 aliphatic rings. The quantitative estimate of drug-likeness (QED) is 0.188. The number of para-hydroxylation sites is 4. The zero-order valence-corrected chi connectivity index (χ0v) is 27.2. The smallest absolute Gasteiger partial charge is 0.0889 e. The molecule has 0 amide bonds. The van der Waals surface area contributed by atoms with Gasteiger partial charge in [0, 0.05) is 59.3 Å². The normalized spacial score (nSPS) is 12.1. The van der Waals surface area contributed by atoms with Crippen LogP contribution in [-0.2, 0) is 0 Å². The van der Waals surface area contributed by atoms with Crippen molar-refractivity contribution in [1.82, 2.24) is 14.1 Å². The number of aromatic nitrogens is 3. The lowest BCUT2D eigenvalue weighted by Gasteiger charge is -2.14. The predicted octanol–water partition coefficient (Wildman–Crippen LogP) is 12.5. The molecule has 0 N–H and O–H groups in total. The molecule has 7 aromatic carbocycles. The third-order valence-electron chi connectivity index (χ3n) is 10.1. The monoisotopic (exact) mass is 641 g/mol. The van der Waals surface area contributed by atoms with Crippen molar-refractivity contribution in [2.45, 2.75) is 0 Å². The van der Waals surface area contributed by atoms with Crippen LogP contribution in [-0.4, -0.2) is 14.1 Å². The molecule has 0 radical (unpaired) electrons. The van der Waals surface area contributed by atoms with E-state index < -0.39 is 0 Å². The highest BCUT2D eigenvalue weighted by molar-refractivity contribution is 7.26. The third-order valence-corrected chi connectivity index (χ3v) is 11.3. The molecule has 4 heteroatoms. The maximum Gasteiger partial charge on any atom is 0.0889 e. The SMILES string of the molecule is c1ccc(-n2c3ccccc3c3ccc4c5ccccc5n(-c5cccc(-c6nc7ccccc7c7c6sc6ccccc67)c5)c4c32)cc1. The summed E-state index contributed by atoms with van der Waals surface area (Å²) in [7, 11) is 0. The van der Waals surface area contributed by atoms with E-state index in [1.54, 1.807) is 0 Å². The van der Waals surface area contributed by atoms with Gasteiger partial charge in [0.25, 0.3) is 0 Å². The molecule has 0 atom stereocenters. The van der Waals surface area contributed by atoms with Crippen molar-refractivity contribution in [1.29, 1.82) is 0 Å². The molecule has 0 aliphatic carbocycles. The first kappa shape index (κ1) is 26.8. The Morgan fingerprint density at radius 2 is 1.00 bits per heavy atom. The molecule has 0 unspecified atom stereocenters. The van der Waals surface area contributed by atoms with Crippen LogP contribution >= 0.6 is 11.3 Å². The molecule has 3 nitrogen and oxygen atoms in total. The molecular weight excluding hydrogens is 615 g/mol. The average molecular weight is 642 g/mol. The van der Waals surface area contributed by atoms with Gasteiger partial charge in [-0.1, -0.05) is 115 Å². The molecule has 0 saturated carbocycles. The largest absolute Gasteiger partial charge is 0.307 e. The molecule has 0 aliphatic heterocycles. The van der Waals surface area contributed by atoms with Gasteiger partial charge in [0.1, 0.15) is 0 Å². The molecule has 228 valence electrons. The number of pyridine rings is 1. The molecular formula is C45H27N3S. The summed E-state index contributed by atoms with van der Waals surface area (Å²) in [4.78, 5) is 5.35. The number of fused-ring (bicyclic) bond motifs is 12. The van der Waals surface area contributed by atoms with Gasteiger partial charge in [-0.15, -0.1) is 11.3 Å². The zero-order valence-electron chi connectivity index (χ0n) is 26.3. The highest BCUT2D eigenvalue weighted by Crippen LogP contribution is 2.45. The Kier molecular flexibility index (Phi) is 5.54. The molecule has 11 aromatic rings. The summed E-state index contributed by atoms with van der Waals surface area (Å²) in [5.41, 5.74) is 10.2. The standard InChI is InChI=1S/C45H27N3S/c1-2-14-29(15-3-1)47-38-22-9-5-17-31(38)33-25-26-34-32-18-6-10-23-39(32)48(44(34)43(33)47)30-16-12-13-28(27-30)42-45-41(35-19-4-8-21-37(35)46-42)36-20-7-11-24-40(36)49-45/h1-27H. The van der Waals surface area contributed by atoms with Crippen LogP contribution in [0, 0.1) is 0 Å². The Labute approximate surface area is 285 Å². The van der Waals surface area contributed by atoms with Gasteiger partial charge >= 0.3 is 0 Å². The van der Waals surface area contributed by atoms with Crippen molar-refractivity contribution in [3.05, 3.63) is 164 Å². The van der Waals surface area contributed by atoms with Gasteiger partial charge < -0.3 is 9.13 Å². The van der Waals surface area contributed by atoms with E-state index in [0.29, 0.717) is 0 Å². The van der Waals surface area contributed by atoms with Gasteiger partial charge in [0.2, 0.25) is 0 Å². The van der Waals surface area contributed by atoms with Crippen molar-refractivity contribution in [3.63, 3.8) is 0 Å². The zero-order chi connectivity index (χ0) is 32.1. The maximum atomic E-state index is 5.35. The van der Waals surface area contributed by atoms with Crippen LogP contribution in [0.2, 0.25) is 0 Å². The van der Waals surface area contributed by atoms with E-state index in [4.69, 9.17) is 4.98 Å². The fourth-order valence-electron chi connectivity index (χ4n) is 8.04. The van der Waals surface area contributed by atoms with Crippen LogP contribution < -0.4 is 0 Å². The molecule has 0 fully saturated rings. The number of benzene rings is 7. The predicted molar refractivity (Wildman–Crippen MR) is 209 cm³/mol. The average Bonchev–Trinajstić information content (AvgIpc) is 3.83. The first-order chi connectivity index (χ1) is 24.3. The Hall–Kier alpha value is -6.23. The lowest BCUT2D eigenvalue weighted by molar-refractivity contribution is 1.15. The summed E-state index contributed by atoms with van der Waals surface area (Å²) in [6, 6.07) is 59.2. The summed E-state index contributed by atoms with van der Waals surface area (Å²) in [6.07, 6.45) is 0. The van der Waals surface area contributed by atoms with Gasteiger partial charge in [-0.05, 0) is 48.5 Å². The van der Waals surface area contributed by atoms with E-state index in [0.717, 1.165) is 28.1 Å². The van der Waals surface area contributed by atoms with E-state index >= 15 is 0 Å². The lowest BCUT2D eigenvalue weighted by atomic mass is 10.0. The van der Waals surface area contributed by atoms with Crippen molar-refractivity contribution >= 4 is 86.0 Å². The maximum absolute atomic E-state index is 5.35. The molecule has 4 aromatic heterocycles. The highest BCUT2D eigenvalue weighted by Gasteiger charge is 2.22. The van der Waals surface area contributed by atoms with E-state index in [-0.39, 0.29) is 0 Å². The molecule has 11 rings (SSSR count). The minimum absolute atomic E-state index is 1.02. The van der Waals surface area contributed by atoms with Crippen LogP contribution in [0.15, 0.2) is 164 Å². The molecule has 0 bridgehead atoms. The summed E-state index contributed by atoms with van der Waals surface area (Å²) in [6.45, 7) is 0. The minimum Gasteiger partial charge on any atom is -0.307 e. The van der Waals surface area contributed by atoms with E-state index in [2.05, 4.69) is 173 Å². The summed E-state index contributed by atoms with van der Waals surface area (Å²) in [5.74, 6) is 0. The molecule has 0 spiro atoms. The second kappa shape index (κ2) is 10.1. The van der Waals surface area contributed by atoms with Crippen molar-refractivity contribution in [2.24, 2.45) is 0 Å². The van der Waals surface area contributed by atoms with Gasteiger partial charge in [-0.25, -0.2) is 4.98 Å². The summed E-state index contributed by atoms with van der Waals surface area (Å²) >= 11 is 1.84. The summed E-state index contributed by atoms with van der Waals surface area (Å²) in [5, 5.41) is 8.76. The molecule has 0 saturated heterocycles. The van der Waals surface area contributed by atoms with E-state index in [9.17, 15) is 0 Å². The number of hydrogen-bond donors (Lipinski definition) is 0. The second-order valence-electron chi connectivity index (χ2n) is 12.7. The van der Waals surface area contributed by atoms with Gasteiger partial charge in [-0.3, -0.25) is 0 Å². The van der Waals surface area contributed by atoms with Crippen molar-refractivity contribution < 1.29 is 0 Å². The Bertz CT molecular complexity index is 3110. The summed E-state index contributed by atoms with van der Waals surface area (Å²) < 4.78 is 7.42. The number of thiophene rings is 1. The highest BCUT2D eigenvalue weighted by atomic mass is 32.1. The Morgan fingerprint density at radius 3 is 1.73 bits per heavy atom. The van der Waals surface area contributed by atoms with Crippen LogP contribution in [0.1, 0.15) is 0 Å². The fraction of sp³-hybridized carbons (Fsp3) is 0. The number of rotatable bonds is 3. The first-order valence-corrected chi connectivity index (χ1v) is 17.5. The Balaban J connectivity index is 1.27. The van der Waals surface area contributed by atoms with E-state index in [1.165, 1.54) is 69.2 Å². The van der Waals surface area contributed by atoms with Crippen LogP contribution in [0.25, 0.3) is 97.3 Å². The van der Waals surface area contributed by atoms with Gasteiger partial charge in [0.05, 0.1) is 38.0 Å². The van der Waals surface area contributed by atoms with Crippen molar-refractivity contribution in [3.8, 4) is 22.6 Å². The lowest BCUT2D eigenvalue weighted by Crippen LogP contribution is -1.99. The van der Waals surface area contributed by atoms with Crippen LogP contribution in [0.5, 0.6) is 0 Å². The fourth-order valence-corrected chi connectivity index (χ4v) is 9.26. The third kappa shape index (κ3) is 3.75. The van der Waals surface area contributed by atoms with E-state index in [1.807, 2.05) is 11.3 Å². The molecule has 4 heterocycles. The first-order valence-electron chi connectivity index (χ1n) is 16.6. The minimum atomic E-state index is 1.02. The topological polar surface area (TPSA) is 22.8 Å².